The molecule has 0 aliphatic carbocycles. The number of amides is 2. The van der Waals surface area contributed by atoms with E-state index in [-0.39, 0.29) is 11.8 Å². The van der Waals surface area contributed by atoms with Gasteiger partial charge in [0.15, 0.2) is 0 Å². The van der Waals surface area contributed by atoms with Crippen LogP contribution < -0.4 is 10.2 Å². The minimum atomic E-state index is -0.153. The highest BCUT2D eigenvalue weighted by atomic mass is 79.9. The Hall–Kier alpha value is -2.14. The van der Waals surface area contributed by atoms with Crippen LogP contribution in [0.25, 0.3) is 0 Å². The summed E-state index contributed by atoms with van der Waals surface area (Å²) >= 11 is 3.35. The van der Waals surface area contributed by atoms with E-state index in [2.05, 4.69) is 27.3 Å². The minimum absolute atomic E-state index is 0.0447. The summed E-state index contributed by atoms with van der Waals surface area (Å²) < 4.78 is 0.857. The molecule has 0 aliphatic rings. The van der Waals surface area contributed by atoms with Crippen molar-refractivity contribution in [2.75, 3.05) is 18.0 Å². The van der Waals surface area contributed by atoms with Crippen molar-refractivity contribution in [3.05, 3.63) is 63.6 Å². The summed E-state index contributed by atoms with van der Waals surface area (Å²) in [4.78, 5) is 25.8. The quantitative estimate of drug-likeness (QED) is 0.845. The molecule has 0 unspecified atom stereocenters. The molecule has 24 heavy (non-hydrogen) atoms. The summed E-state index contributed by atoms with van der Waals surface area (Å²) in [7, 11) is 0. The lowest BCUT2D eigenvalue weighted by molar-refractivity contribution is -0.116. The molecule has 0 heterocycles. The van der Waals surface area contributed by atoms with Gasteiger partial charge in [0.25, 0.3) is 5.91 Å². The molecule has 2 amide bonds. The van der Waals surface area contributed by atoms with Gasteiger partial charge in [-0.05, 0) is 55.3 Å². The molecule has 2 rings (SSSR count). The van der Waals surface area contributed by atoms with Crippen LogP contribution in [-0.2, 0) is 4.79 Å². The van der Waals surface area contributed by atoms with Crippen molar-refractivity contribution in [1.82, 2.24) is 5.32 Å². The van der Waals surface area contributed by atoms with Gasteiger partial charge in [-0.25, -0.2) is 0 Å². The summed E-state index contributed by atoms with van der Waals surface area (Å²) in [6.07, 6.45) is 0. The fourth-order valence-corrected chi connectivity index (χ4v) is 2.99. The average molecular weight is 389 g/mol. The van der Waals surface area contributed by atoms with Crippen LogP contribution in [0.3, 0.4) is 0 Å². The Balaban J connectivity index is 2.02. The summed E-state index contributed by atoms with van der Waals surface area (Å²) in [6, 6.07) is 13.2. The van der Waals surface area contributed by atoms with E-state index in [9.17, 15) is 9.59 Å². The largest absolute Gasteiger partial charge is 0.350 e. The predicted octanol–water partition coefficient (Wildman–Crippen LogP) is 3.85. The van der Waals surface area contributed by atoms with Gasteiger partial charge in [0, 0.05) is 35.7 Å². The number of anilines is 1. The number of benzene rings is 2. The van der Waals surface area contributed by atoms with Crippen molar-refractivity contribution in [2.45, 2.75) is 20.8 Å². The Morgan fingerprint density at radius 3 is 2.33 bits per heavy atom. The smallest absolute Gasteiger partial charge is 0.251 e. The first-order valence-corrected chi connectivity index (χ1v) is 8.56. The molecule has 0 saturated carbocycles. The molecule has 0 atom stereocenters. The van der Waals surface area contributed by atoms with Gasteiger partial charge in [-0.3, -0.25) is 9.59 Å². The third-order valence-electron chi connectivity index (χ3n) is 3.61. The first-order chi connectivity index (χ1) is 11.4. The van der Waals surface area contributed by atoms with Crippen molar-refractivity contribution in [1.29, 1.82) is 0 Å². The molecule has 0 aliphatic heterocycles. The number of nitrogens with one attached hydrogen (secondary N) is 1. The number of carbonyl (C=O) groups is 2. The number of aryl methyl sites for hydroxylation is 2. The highest BCUT2D eigenvalue weighted by Gasteiger charge is 2.13. The van der Waals surface area contributed by atoms with Crippen LogP contribution in [0.5, 0.6) is 0 Å². The van der Waals surface area contributed by atoms with Gasteiger partial charge in [0.1, 0.15) is 0 Å². The molecule has 0 saturated heterocycles. The van der Waals surface area contributed by atoms with Crippen LogP contribution in [0.1, 0.15) is 28.4 Å². The first-order valence-electron chi connectivity index (χ1n) is 7.77. The maximum absolute atomic E-state index is 12.2. The average Bonchev–Trinajstić information content (AvgIpc) is 2.49. The molecule has 0 radical (unpaired) electrons. The SMILES string of the molecule is CC(=O)N(CCNC(=O)c1cccc(Br)c1)c1cc(C)cc(C)c1. The predicted molar refractivity (Wildman–Crippen MR) is 100 cm³/mol. The monoisotopic (exact) mass is 388 g/mol. The molecule has 2 aromatic rings. The third kappa shape index (κ3) is 4.93. The Morgan fingerprint density at radius 2 is 1.75 bits per heavy atom. The fourth-order valence-electron chi connectivity index (χ4n) is 2.59. The number of nitrogens with zero attached hydrogens (tertiary/aromatic N) is 1. The zero-order valence-electron chi connectivity index (χ0n) is 14.1. The van der Waals surface area contributed by atoms with Gasteiger partial charge < -0.3 is 10.2 Å². The second-order valence-corrected chi connectivity index (χ2v) is 6.70. The van der Waals surface area contributed by atoms with E-state index in [4.69, 9.17) is 0 Å². The van der Waals surface area contributed by atoms with Gasteiger partial charge in [-0.2, -0.15) is 0 Å². The molecular weight excluding hydrogens is 368 g/mol. The van der Waals surface area contributed by atoms with E-state index >= 15 is 0 Å². The lowest BCUT2D eigenvalue weighted by Crippen LogP contribution is -2.37. The molecule has 126 valence electrons. The number of halogens is 1. The zero-order chi connectivity index (χ0) is 17.7. The second-order valence-electron chi connectivity index (χ2n) is 5.78. The molecule has 0 spiro atoms. The van der Waals surface area contributed by atoms with Crippen molar-refractivity contribution < 1.29 is 9.59 Å². The first kappa shape index (κ1) is 18.2. The van der Waals surface area contributed by atoms with Gasteiger partial charge >= 0.3 is 0 Å². The van der Waals surface area contributed by atoms with Crippen LogP contribution in [0.4, 0.5) is 5.69 Å². The molecule has 4 nitrogen and oxygen atoms in total. The summed E-state index contributed by atoms with van der Waals surface area (Å²) in [5.41, 5.74) is 3.66. The summed E-state index contributed by atoms with van der Waals surface area (Å²) in [6.45, 7) is 6.36. The molecule has 5 heteroatoms. The van der Waals surface area contributed by atoms with Gasteiger partial charge in [-0.15, -0.1) is 0 Å². The summed E-state index contributed by atoms with van der Waals surface area (Å²) in [5.74, 6) is -0.197. The van der Waals surface area contributed by atoms with Gasteiger partial charge in [-0.1, -0.05) is 28.1 Å². The van der Waals surface area contributed by atoms with E-state index in [1.807, 2.05) is 38.1 Å². The van der Waals surface area contributed by atoms with E-state index in [1.54, 1.807) is 17.0 Å². The molecule has 1 N–H and O–H groups in total. The topological polar surface area (TPSA) is 49.4 Å². The lowest BCUT2D eigenvalue weighted by Gasteiger charge is -2.22. The highest BCUT2D eigenvalue weighted by molar-refractivity contribution is 9.10. The molecule has 0 aromatic heterocycles. The molecule has 0 bridgehead atoms. The van der Waals surface area contributed by atoms with Crippen molar-refractivity contribution >= 4 is 33.4 Å². The molecule has 0 fully saturated rings. The summed E-state index contributed by atoms with van der Waals surface area (Å²) in [5, 5.41) is 2.86. The zero-order valence-corrected chi connectivity index (χ0v) is 15.7. The fraction of sp³-hybridized carbons (Fsp3) is 0.263. The Bertz CT molecular complexity index is 739. The van der Waals surface area contributed by atoms with Crippen LogP contribution in [0.15, 0.2) is 46.9 Å². The minimum Gasteiger partial charge on any atom is -0.350 e. The van der Waals surface area contributed by atoms with Crippen LogP contribution >= 0.6 is 15.9 Å². The van der Waals surface area contributed by atoms with E-state index in [0.717, 1.165) is 21.3 Å². The van der Waals surface area contributed by atoms with E-state index in [1.165, 1.54) is 6.92 Å². The van der Waals surface area contributed by atoms with Gasteiger partial charge in [0.05, 0.1) is 0 Å². The van der Waals surface area contributed by atoms with Crippen LogP contribution in [0, 0.1) is 13.8 Å². The molecular formula is C19H21BrN2O2. The van der Waals surface area contributed by atoms with E-state index in [0.29, 0.717) is 18.7 Å². The van der Waals surface area contributed by atoms with Crippen LogP contribution in [-0.4, -0.2) is 24.9 Å². The van der Waals surface area contributed by atoms with E-state index < -0.39 is 0 Å². The normalized spacial score (nSPS) is 10.3. The van der Waals surface area contributed by atoms with Crippen molar-refractivity contribution in [2.24, 2.45) is 0 Å². The standard InChI is InChI=1S/C19H21BrN2O2/c1-13-9-14(2)11-18(10-13)22(15(3)23)8-7-21-19(24)16-5-4-6-17(20)12-16/h4-6,9-12H,7-8H2,1-3H3,(H,21,24). The second kappa shape index (κ2) is 8.11. The van der Waals surface area contributed by atoms with Gasteiger partial charge in [0.2, 0.25) is 5.91 Å². The highest BCUT2D eigenvalue weighted by Crippen LogP contribution is 2.18. The van der Waals surface area contributed by atoms with Crippen molar-refractivity contribution in [3.8, 4) is 0 Å². The van der Waals surface area contributed by atoms with Crippen molar-refractivity contribution in [3.63, 3.8) is 0 Å². The Kier molecular flexibility index (Phi) is 6.15. The number of rotatable bonds is 5. The molecule has 2 aromatic carbocycles. The maximum Gasteiger partial charge on any atom is 0.251 e. The Labute approximate surface area is 151 Å². The lowest BCUT2D eigenvalue weighted by atomic mass is 10.1. The third-order valence-corrected chi connectivity index (χ3v) is 4.10. The number of hydrogen-bond donors (Lipinski definition) is 1. The number of hydrogen-bond acceptors (Lipinski definition) is 2. The Morgan fingerprint density at radius 1 is 1.08 bits per heavy atom. The van der Waals surface area contributed by atoms with Crippen LogP contribution in [0.2, 0.25) is 0 Å². The maximum atomic E-state index is 12.2. The number of carbonyl (C=O) groups excluding carboxylic acids is 2.